The van der Waals surface area contributed by atoms with Crippen LogP contribution in [0.15, 0.2) is 73.2 Å². The molecule has 10 nitrogen and oxygen atoms in total. The Kier molecular flexibility index (Phi) is 9.26. The first kappa shape index (κ1) is 30.8. The second-order valence-electron chi connectivity index (χ2n) is 11.3. The average Bonchev–Trinajstić information content (AvgIpc) is 3.68. The highest BCUT2D eigenvalue weighted by atomic mass is 19.1. The molecule has 3 heterocycles. The van der Waals surface area contributed by atoms with Gasteiger partial charge in [-0.3, -0.25) is 4.90 Å². The maximum absolute atomic E-state index is 14.3. The maximum atomic E-state index is 14.3. The van der Waals surface area contributed by atoms with Gasteiger partial charge in [0.2, 0.25) is 0 Å². The highest BCUT2D eigenvalue weighted by Gasteiger charge is 2.24. The number of ether oxygens (including phenoxy) is 3. The lowest BCUT2D eigenvalue weighted by Crippen LogP contribution is -2.38. The van der Waals surface area contributed by atoms with E-state index in [4.69, 9.17) is 24.5 Å². The zero-order valence-electron chi connectivity index (χ0n) is 25.9. The molecular formula is C35H35FN6O4. The number of piperidine rings is 1. The molecule has 0 N–H and O–H groups in total. The van der Waals surface area contributed by atoms with Crippen LogP contribution < -0.4 is 9.47 Å². The molecule has 1 aliphatic heterocycles. The van der Waals surface area contributed by atoms with E-state index in [-0.39, 0.29) is 24.2 Å². The number of imidazole rings is 2. The van der Waals surface area contributed by atoms with Gasteiger partial charge in [0.1, 0.15) is 35.9 Å². The van der Waals surface area contributed by atoms with Gasteiger partial charge in [-0.15, -0.1) is 0 Å². The molecule has 5 aromatic rings. The Morgan fingerprint density at radius 2 is 1.89 bits per heavy atom. The Hall–Kier alpha value is -5.21. The van der Waals surface area contributed by atoms with Gasteiger partial charge in [0, 0.05) is 37.5 Å². The third-order valence-electron chi connectivity index (χ3n) is 8.29. The largest absolute Gasteiger partial charge is 0.490 e. The quantitative estimate of drug-likeness (QED) is 0.172. The summed E-state index contributed by atoms with van der Waals surface area (Å²) in [5.41, 5.74) is 3.91. The van der Waals surface area contributed by atoms with Crippen molar-refractivity contribution in [3.8, 4) is 17.6 Å². The van der Waals surface area contributed by atoms with E-state index in [0.29, 0.717) is 35.7 Å². The zero-order chi connectivity index (χ0) is 32.0. The summed E-state index contributed by atoms with van der Waals surface area (Å²) in [6, 6.07) is 19.1. The van der Waals surface area contributed by atoms with Crippen LogP contribution in [-0.4, -0.2) is 56.3 Å². The fourth-order valence-corrected chi connectivity index (χ4v) is 5.75. The van der Waals surface area contributed by atoms with E-state index < -0.39 is 5.82 Å². The van der Waals surface area contributed by atoms with Gasteiger partial charge >= 0.3 is 5.97 Å². The molecule has 11 heteroatoms. The lowest BCUT2D eigenvalue weighted by atomic mass is 10.1. The van der Waals surface area contributed by atoms with Crippen LogP contribution in [0.1, 0.15) is 52.8 Å². The van der Waals surface area contributed by atoms with E-state index in [2.05, 4.69) is 25.9 Å². The number of fused-ring (bicyclic) bond motifs is 1. The standard InChI is InChI=1S/C35H35FN6O4/c1-3-41-23-38-19-27(41)20-42-33-16-25(35(43)44-2)9-10-32(33)39-34(42)21-40-13-11-28(12-14-40)46-30-6-4-5-29(17-30)45-22-26-8-7-24(18-37)15-31(26)36/h4-10,15-17,19,23,28H,3,11-14,20-22H2,1-2H3. The van der Waals surface area contributed by atoms with Crippen molar-refractivity contribution in [2.45, 2.75) is 52.1 Å². The molecule has 1 saturated heterocycles. The van der Waals surface area contributed by atoms with Crippen molar-refractivity contribution < 1.29 is 23.4 Å². The number of methoxy groups -OCH3 is 1. The summed E-state index contributed by atoms with van der Waals surface area (Å²) in [4.78, 5) is 24.0. The average molecular weight is 623 g/mol. The Balaban J connectivity index is 1.10. The first-order valence-corrected chi connectivity index (χ1v) is 15.3. The maximum Gasteiger partial charge on any atom is 0.337 e. The summed E-state index contributed by atoms with van der Waals surface area (Å²) >= 11 is 0. The summed E-state index contributed by atoms with van der Waals surface area (Å²) < 4.78 is 35.6. The highest BCUT2D eigenvalue weighted by Crippen LogP contribution is 2.26. The third-order valence-corrected chi connectivity index (χ3v) is 8.29. The van der Waals surface area contributed by atoms with Crippen molar-refractivity contribution >= 4 is 17.0 Å². The van der Waals surface area contributed by atoms with Crippen molar-refractivity contribution in [2.75, 3.05) is 20.2 Å². The Morgan fingerprint density at radius 3 is 2.65 bits per heavy atom. The lowest BCUT2D eigenvalue weighted by Gasteiger charge is -2.32. The van der Waals surface area contributed by atoms with E-state index in [1.807, 2.05) is 55.0 Å². The van der Waals surface area contributed by atoms with Crippen LogP contribution in [0.25, 0.3) is 11.0 Å². The van der Waals surface area contributed by atoms with Gasteiger partial charge < -0.3 is 23.3 Å². The number of rotatable bonds is 11. The van der Waals surface area contributed by atoms with E-state index in [1.54, 1.807) is 18.2 Å². The predicted molar refractivity (Wildman–Crippen MR) is 169 cm³/mol. The monoisotopic (exact) mass is 622 g/mol. The number of hydrogen-bond acceptors (Lipinski definition) is 8. The van der Waals surface area contributed by atoms with Gasteiger partial charge in [0.15, 0.2) is 0 Å². The zero-order valence-corrected chi connectivity index (χ0v) is 25.9. The molecule has 2 aromatic heterocycles. The summed E-state index contributed by atoms with van der Waals surface area (Å²) in [6.45, 7) is 5.86. The predicted octanol–water partition coefficient (Wildman–Crippen LogP) is 5.72. The molecule has 0 unspecified atom stereocenters. The topological polar surface area (TPSA) is 107 Å². The molecule has 46 heavy (non-hydrogen) atoms. The van der Waals surface area contributed by atoms with Crippen LogP contribution in [0.2, 0.25) is 0 Å². The van der Waals surface area contributed by atoms with E-state index in [1.165, 1.54) is 13.2 Å². The van der Waals surface area contributed by atoms with Crippen LogP contribution in [-0.2, 0) is 31.0 Å². The van der Waals surface area contributed by atoms with Crippen molar-refractivity contribution in [1.82, 2.24) is 24.0 Å². The minimum absolute atomic E-state index is 0.0443. The number of likely N-dealkylation sites (tertiary alicyclic amines) is 1. The number of benzene rings is 3. The molecular weight excluding hydrogens is 587 g/mol. The molecule has 0 aliphatic carbocycles. The number of carbonyl (C=O) groups excluding carboxylic acids is 1. The van der Waals surface area contributed by atoms with Gasteiger partial charge in [0.05, 0.1) is 60.5 Å². The minimum Gasteiger partial charge on any atom is -0.490 e. The number of aromatic nitrogens is 4. The van der Waals surface area contributed by atoms with Crippen molar-refractivity contribution in [3.63, 3.8) is 0 Å². The lowest BCUT2D eigenvalue weighted by molar-refractivity contribution is 0.0601. The fraction of sp³-hybridized carbons (Fsp3) is 0.314. The van der Waals surface area contributed by atoms with Crippen molar-refractivity contribution in [3.05, 3.63) is 107 Å². The van der Waals surface area contributed by atoms with Gasteiger partial charge in [0.25, 0.3) is 0 Å². The smallest absolute Gasteiger partial charge is 0.337 e. The summed E-state index contributed by atoms with van der Waals surface area (Å²) in [5, 5.41) is 8.95. The van der Waals surface area contributed by atoms with E-state index in [9.17, 15) is 9.18 Å². The van der Waals surface area contributed by atoms with Crippen LogP contribution in [0.3, 0.4) is 0 Å². The van der Waals surface area contributed by atoms with Crippen molar-refractivity contribution in [2.24, 2.45) is 0 Å². The number of halogens is 1. The van der Waals surface area contributed by atoms with Crippen LogP contribution >= 0.6 is 0 Å². The molecule has 3 aromatic carbocycles. The summed E-state index contributed by atoms with van der Waals surface area (Å²) in [7, 11) is 1.38. The number of carbonyl (C=O) groups is 1. The van der Waals surface area contributed by atoms with Gasteiger partial charge in [-0.25, -0.2) is 19.2 Å². The van der Waals surface area contributed by atoms with E-state index in [0.717, 1.165) is 55.0 Å². The number of nitrogens with zero attached hydrogens (tertiary/aromatic N) is 6. The normalized spacial score (nSPS) is 13.9. The van der Waals surface area contributed by atoms with E-state index >= 15 is 0 Å². The first-order valence-electron chi connectivity index (χ1n) is 15.3. The number of nitriles is 1. The molecule has 0 bridgehead atoms. The summed E-state index contributed by atoms with van der Waals surface area (Å²) in [5.74, 6) is 1.36. The molecule has 0 radical (unpaired) electrons. The Morgan fingerprint density at radius 1 is 1.07 bits per heavy atom. The van der Waals surface area contributed by atoms with Gasteiger partial charge in [-0.1, -0.05) is 12.1 Å². The van der Waals surface area contributed by atoms with Gasteiger partial charge in [-0.2, -0.15) is 5.26 Å². The molecule has 0 amide bonds. The molecule has 1 aliphatic rings. The Labute approximate surface area is 266 Å². The Bertz CT molecular complexity index is 1890. The highest BCUT2D eigenvalue weighted by molar-refractivity contribution is 5.93. The summed E-state index contributed by atoms with van der Waals surface area (Å²) in [6.07, 6.45) is 5.43. The van der Waals surface area contributed by atoms with Crippen LogP contribution in [0, 0.1) is 17.1 Å². The molecule has 0 spiro atoms. The third kappa shape index (κ3) is 6.87. The molecule has 1 fully saturated rings. The SMILES string of the molecule is CCn1cncc1Cn1c(CN2CCC(Oc3cccc(OCc4ccc(C#N)cc4F)c3)CC2)nc2ccc(C(=O)OC)cc21. The minimum atomic E-state index is -0.465. The van der Waals surface area contributed by atoms with Crippen LogP contribution in [0.4, 0.5) is 4.39 Å². The second kappa shape index (κ2) is 13.8. The molecule has 6 rings (SSSR count). The van der Waals surface area contributed by atoms with Gasteiger partial charge in [-0.05, 0) is 62.2 Å². The van der Waals surface area contributed by atoms with Crippen molar-refractivity contribution in [1.29, 1.82) is 5.26 Å². The van der Waals surface area contributed by atoms with Crippen LogP contribution in [0.5, 0.6) is 11.5 Å². The molecule has 236 valence electrons. The second-order valence-corrected chi connectivity index (χ2v) is 11.3. The number of aryl methyl sites for hydroxylation is 1. The molecule has 0 atom stereocenters. The fourth-order valence-electron chi connectivity index (χ4n) is 5.75. The molecule has 0 saturated carbocycles. The number of esters is 1. The number of hydrogen-bond donors (Lipinski definition) is 0. The first-order chi connectivity index (χ1) is 22.4.